The number of rotatable bonds is 3. The summed E-state index contributed by atoms with van der Waals surface area (Å²) in [7, 11) is 0. The lowest BCUT2D eigenvalue weighted by Gasteiger charge is -2.11. The molecule has 1 aliphatic carbocycles. The maximum Gasteiger partial charge on any atom is 0.122 e. The van der Waals surface area contributed by atoms with Crippen LogP contribution in [-0.2, 0) is 17.6 Å². The summed E-state index contributed by atoms with van der Waals surface area (Å²) < 4.78 is 11.2. The first-order valence-corrected chi connectivity index (χ1v) is 6.15. The number of benzene rings is 1. The summed E-state index contributed by atoms with van der Waals surface area (Å²) in [5.41, 5.74) is 4.37. The number of aryl methyl sites for hydroxylation is 1. The van der Waals surface area contributed by atoms with Crippen molar-refractivity contribution < 1.29 is 9.47 Å². The fourth-order valence-electron chi connectivity index (χ4n) is 2.56. The molecule has 2 atom stereocenters. The van der Waals surface area contributed by atoms with Crippen molar-refractivity contribution in [3.63, 3.8) is 0 Å². The molecule has 1 fully saturated rings. The Labute approximate surface area is 96.6 Å². The predicted molar refractivity (Wildman–Crippen MR) is 63.0 cm³/mol. The third-order valence-electron chi connectivity index (χ3n) is 3.72. The zero-order valence-electron chi connectivity index (χ0n) is 9.95. The maximum absolute atomic E-state index is 5.87. The molecule has 0 radical (unpaired) electrons. The molecule has 86 valence electrons. The van der Waals surface area contributed by atoms with Gasteiger partial charge in [-0.3, -0.25) is 0 Å². The minimum atomic E-state index is 0.318. The number of fused-ring (bicyclic) bond motifs is 1. The molecule has 0 N–H and O–H groups in total. The van der Waals surface area contributed by atoms with E-state index in [1.807, 2.05) is 0 Å². The Morgan fingerprint density at radius 2 is 2.06 bits per heavy atom. The molecule has 1 aromatic carbocycles. The molecule has 0 aromatic heterocycles. The Morgan fingerprint density at radius 1 is 1.31 bits per heavy atom. The highest BCUT2D eigenvalue weighted by Crippen LogP contribution is 2.33. The molecule has 2 heteroatoms. The Morgan fingerprint density at radius 3 is 2.81 bits per heavy atom. The van der Waals surface area contributed by atoms with Crippen LogP contribution in [-0.4, -0.2) is 18.8 Å². The molecule has 3 rings (SSSR count). The van der Waals surface area contributed by atoms with Gasteiger partial charge in [-0.1, -0.05) is 6.07 Å². The minimum absolute atomic E-state index is 0.318. The average Bonchev–Trinajstić information content (AvgIpc) is 2.80. The molecule has 1 heterocycles. The average molecular weight is 218 g/mol. The number of epoxide rings is 1. The summed E-state index contributed by atoms with van der Waals surface area (Å²) in [6, 6.07) is 4.29. The molecule has 1 aliphatic heterocycles. The summed E-state index contributed by atoms with van der Waals surface area (Å²) in [4.78, 5) is 0. The van der Waals surface area contributed by atoms with Crippen molar-refractivity contribution in [2.24, 2.45) is 0 Å². The summed E-state index contributed by atoms with van der Waals surface area (Å²) in [5.74, 6) is 1.08. The van der Waals surface area contributed by atoms with Gasteiger partial charge in [-0.25, -0.2) is 0 Å². The highest BCUT2D eigenvalue weighted by molar-refractivity contribution is 5.47. The quantitative estimate of drug-likeness (QED) is 0.727. The van der Waals surface area contributed by atoms with Crippen LogP contribution in [0.5, 0.6) is 5.75 Å². The lowest BCUT2D eigenvalue weighted by molar-refractivity contribution is 0.259. The Balaban J connectivity index is 1.77. The van der Waals surface area contributed by atoms with Crippen LogP contribution in [0.4, 0.5) is 0 Å². The molecule has 16 heavy (non-hydrogen) atoms. The highest BCUT2D eigenvalue weighted by atomic mass is 16.6. The Kier molecular flexibility index (Phi) is 2.40. The van der Waals surface area contributed by atoms with E-state index in [9.17, 15) is 0 Å². The topological polar surface area (TPSA) is 21.8 Å². The third kappa shape index (κ3) is 1.71. The molecule has 0 bridgehead atoms. The van der Waals surface area contributed by atoms with Crippen molar-refractivity contribution in [3.8, 4) is 5.75 Å². The monoisotopic (exact) mass is 218 g/mol. The molecule has 1 saturated heterocycles. The second-order valence-corrected chi connectivity index (χ2v) is 4.88. The van der Waals surface area contributed by atoms with Gasteiger partial charge in [0.2, 0.25) is 0 Å². The van der Waals surface area contributed by atoms with Crippen molar-refractivity contribution >= 4 is 0 Å². The van der Waals surface area contributed by atoms with Crippen LogP contribution >= 0.6 is 0 Å². The van der Waals surface area contributed by atoms with Gasteiger partial charge in [0.15, 0.2) is 0 Å². The zero-order chi connectivity index (χ0) is 11.1. The van der Waals surface area contributed by atoms with E-state index in [0.29, 0.717) is 18.8 Å². The third-order valence-corrected chi connectivity index (χ3v) is 3.72. The van der Waals surface area contributed by atoms with Crippen LogP contribution in [0.3, 0.4) is 0 Å². The normalized spacial score (nSPS) is 26.6. The van der Waals surface area contributed by atoms with Gasteiger partial charge in [0.1, 0.15) is 18.5 Å². The van der Waals surface area contributed by atoms with Crippen molar-refractivity contribution in [1.29, 1.82) is 0 Å². The molecular formula is C14H18O2. The standard InChI is InChI=1S/C14H18O2/c1-9-6-7-13(12-5-3-4-11(9)12)15-8-14-10(2)16-14/h6-7,10,14H,3-5,8H2,1-2H3. The second-order valence-electron chi connectivity index (χ2n) is 4.88. The van der Waals surface area contributed by atoms with Crippen molar-refractivity contribution in [2.45, 2.75) is 45.3 Å². The molecule has 2 aliphatic rings. The van der Waals surface area contributed by atoms with Crippen LogP contribution in [0.1, 0.15) is 30.0 Å². The second kappa shape index (κ2) is 3.77. The number of hydrogen-bond acceptors (Lipinski definition) is 2. The maximum atomic E-state index is 5.87. The van der Waals surface area contributed by atoms with Gasteiger partial charge in [0.25, 0.3) is 0 Å². The smallest absolute Gasteiger partial charge is 0.122 e. The first kappa shape index (κ1) is 10.2. The van der Waals surface area contributed by atoms with Crippen LogP contribution in [0.15, 0.2) is 12.1 Å². The molecule has 2 unspecified atom stereocenters. The van der Waals surface area contributed by atoms with E-state index in [1.165, 1.54) is 36.0 Å². The van der Waals surface area contributed by atoms with Crippen molar-refractivity contribution in [3.05, 3.63) is 28.8 Å². The summed E-state index contributed by atoms with van der Waals surface area (Å²) in [6.07, 6.45) is 4.37. The van der Waals surface area contributed by atoms with Gasteiger partial charge in [-0.2, -0.15) is 0 Å². The molecule has 0 amide bonds. The summed E-state index contributed by atoms with van der Waals surface area (Å²) in [5, 5.41) is 0. The van der Waals surface area contributed by atoms with Crippen molar-refractivity contribution in [2.75, 3.05) is 6.61 Å². The van der Waals surface area contributed by atoms with E-state index < -0.39 is 0 Å². The van der Waals surface area contributed by atoms with Gasteiger partial charge < -0.3 is 9.47 Å². The Bertz CT molecular complexity index is 411. The van der Waals surface area contributed by atoms with Crippen molar-refractivity contribution in [1.82, 2.24) is 0 Å². The minimum Gasteiger partial charge on any atom is -0.490 e. The number of hydrogen-bond donors (Lipinski definition) is 0. The van der Waals surface area contributed by atoms with E-state index in [1.54, 1.807) is 0 Å². The fourth-order valence-corrected chi connectivity index (χ4v) is 2.56. The van der Waals surface area contributed by atoms with E-state index in [4.69, 9.17) is 9.47 Å². The first-order chi connectivity index (χ1) is 7.75. The van der Waals surface area contributed by atoms with E-state index >= 15 is 0 Å². The van der Waals surface area contributed by atoms with Gasteiger partial charge in [0.05, 0.1) is 6.10 Å². The Hall–Kier alpha value is -1.02. The fraction of sp³-hybridized carbons (Fsp3) is 0.571. The van der Waals surface area contributed by atoms with E-state index in [2.05, 4.69) is 26.0 Å². The van der Waals surface area contributed by atoms with Gasteiger partial charge in [0, 0.05) is 0 Å². The summed E-state index contributed by atoms with van der Waals surface area (Å²) in [6.45, 7) is 4.99. The molecule has 2 nitrogen and oxygen atoms in total. The van der Waals surface area contributed by atoms with Gasteiger partial charge in [-0.15, -0.1) is 0 Å². The van der Waals surface area contributed by atoms with Crippen LogP contribution in [0, 0.1) is 6.92 Å². The lowest BCUT2D eigenvalue weighted by atomic mass is 10.0. The molecule has 1 aromatic rings. The molecular weight excluding hydrogens is 200 g/mol. The zero-order valence-corrected chi connectivity index (χ0v) is 9.95. The van der Waals surface area contributed by atoms with Crippen LogP contribution in [0.2, 0.25) is 0 Å². The first-order valence-electron chi connectivity index (χ1n) is 6.15. The molecule has 0 spiro atoms. The lowest BCUT2D eigenvalue weighted by Crippen LogP contribution is -2.07. The predicted octanol–water partition coefficient (Wildman–Crippen LogP) is 2.65. The highest BCUT2D eigenvalue weighted by Gasteiger charge is 2.35. The van der Waals surface area contributed by atoms with Crippen LogP contribution < -0.4 is 4.74 Å². The van der Waals surface area contributed by atoms with Crippen LogP contribution in [0.25, 0.3) is 0 Å². The van der Waals surface area contributed by atoms with Gasteiger partial charge in [-0.05, 0) is 55.9 Å². The summed E-state index contributed by atoms with van der Waals surface area (Å²) >= 11 is 0. The van der Waals surface area contributed by atoms with E-state index in [-0.39, 0.29) is 0 Å². The van der Waals surface area contributed by atoms with E-state index in [0.717, 1.165) is 5.75 Å². The van der Waals surface area contributed by atoms with Gasteiger partial charge >= 0.3 is 0 Å². The number of ether oxygens (including phenoxy) is 2. The SMILES string of the molecule is Cc1ccc(OCC2OC2C)c2c1CCC2. The molecule has 0 saturated carbocycles. The largest absolute Gasteiger partial charge is 0.490 e.